The van der Waals surface area contributed by atoms with Gasteiger partial charge < -0.3 is 11.1 Å². The lowest BCUT2D eigenvalue weighted by molar-refractivity contribution is 1.15. The standard InChI is InChI=1S/C10H8BrIN4/c11-8-5-9(13)16-10(15-8)14-7-3-1-6(12)2-4-7/h1-5H,(H3,13,14,15,16). The molecule has 82 valence electrons. The Bertz CT molecular complexity index is 480. The first-order chi connectivity index (χ1) is 7.63. The zero-order chi connectivity index (χ0) is 11.5. The van der Waals surface area contributed by atoms with Gasteiger partial charge in [0.2, 0.25) is 5.95 Å². The lowest BCUT2D eigenvalue weighted by Crippen LogP contribution is -2.00. The molecule has 0 radical (unpaired) electrons. The van der Waals surface area contributed by atoms with E-state index < -0.39 is 0 Å². The average Bonchev–Trinajstić information content (AvgIpc) is 2.20. The Hall–Kier alpha value is -0.890. The van der Waals surface area contributed by atoms with Gasteiger partial charge in [-0.2, -0.15) is 4.98 Å². The molecule has 1 heterocycles. The Morgan fingerprint density at radius 1 is 1.19 bits per heavy atom. The van der Waals surface area contributed by atoms with Gasteiger partial charge in [0.1, 0.15) is 10.4 Å². The second-order valence-electron chi connectivity index (χ2n) is 3.07. The fourth-order valence-electron chi connectivity index (χ4n) is 1.15. The van der Waals surface area contributed by atoms with Crippen LogP contribution in [-0.4, -0.2) is 9.97 Å². The second kappa shape index (κ2) is 4.96. The van der Waals surface area contributed by atoms with Crippen LogP contribution in [0.15, 0.2) is 34.9 Å². The van der Waals surface area contributed by atoms with Crippen molar-refractivity contribution >= 4 is 56.0 Å². The molecule has 0 saturated carbocycles. The summed E-state index contributed by atoms with van der Waals surface area (Å²) in [7, 11) is 0. The maximum atomic E-state index is 5.61. The highest BCUT2D eigenvalue weighted by Gasteiger charge is 2.01. The molecule has 0 saturated heterocycles. The molecule has 0 unspecified atom stereocenters. The fraction of sp³-hybridized carbons (Fsp3) is 0. The van der Waals surface area contributed by atoms with E-state index in [1.165, 1.54) is 3.57 Å². The molecule has 4 nitrogen and oxygen atoms in total. The first-order valence-corrected chi connectivity index (χ1v) is 6.33. The number of nitrogens with one attached hydrogen (secondary N) is 1. The monoisotopic (exact) mass is 390 g/mol. The number of rotatable bonds is 2. The molecule has 0 aliphatic rings. The van der Waals surface area contributed by atoms with Crippen LogP contribution >= 0.6 is 38.5 Å². The Labute approximate surface area is 115 Å². The van der Waals surface area contributed by atoms with Crippen molar-refractivity contribution in [3.8, 4) is 0 Å². The number of nitrogen functional groups attached to an aromatic ring is 1. The number of hydrogen-bond donors (Lipinski definition) is 2. The van der Waals surface area contributed by atoms with Crippen LogP contribution in [0.4, 0.5) is 17.5 Å². The second-order valence-corrected chi connectivity index (χ2v) is 5.13. The van der Waals surface area contributed by atoms with Crippen LogP contribution in [0.5, 0.6) is 0 Å². The molecule has 2 aromatic rings. The first kappa shape index (κ1) is 11.6. The third kappa shape index (κ3) is 3.05. The predicted octanol–water partition coefficient (Wildman–Crippen LogP) is 3.17. The summed E-state index contributed by atoms with van der Waals surface area (Å²) in [5.41, 5.74) is 6.54. The summed E-state index contributed by atoms with van der Waals surface area (Å²) in [5.74, 6) is 0.906. The maximum absolute atomic E-state index is 5.61. The van der Waals surface area contributed by atoms with Gasteiger partial charge in [-0.1, -0.05) is 0 Å². The van der Waals surface area contributed by atoms with Crippen molar-refractivity contribution in [2.24, 2.45) is 0 Å². The summed E-state index contributed by atoms with van der Waals surface area (Å²) in [6.07, 6.45) is 0. The average molecular weight is 391 g/mol. The molecule has 0 fully saturated rings. The molecule has 16 heavy (non-hydrogen) atoms. The van der Waals surface area contributed by atoms with Crippen molar-refractivity contribution in [2.75, 3.05) is 11.1 Å². The van der Waals surface area contributed by atoms with Crippen LogP contribution in [-0.2, 0) is 0 Å². The van der Waals surface area contributed by atoms with Crippen molar-refractivity contribution in [1.29, 1.82) is 0 Å². The van der Waals surface area contributed by atoms with Crippen molar-refractivity contribution < 1.29 is 0 Å². The fourth-order valence-corrected chi connectivity index (χ4v) is 1.92. The highest BCUT2D eigenvalue weighted by Crippen LogP contribution is 2.18. The van der Waals surface area contributed by atoms with E-state index in [0.29, 0.717) is 16.4 Å². The summed E-state index contributed by atoms with van der Waals surface area (Å²) < 4.78 is 1.84. The molecule has 0 aliphatic carbocycles. The Kier molecular flexibility index (Phi) is 3.59. The number of nitrogens with two attached hydrogens (primary N) is 1. The van der Waals surface area contributed by atoms with Crippen molar-refractivity contribution in [3.05, 3.63) is 38.5 Å². The van der Waals surface area contributed by atoms with E-state index in [1.54, 1.807) is 6.07 Å². The molecule has 0 amide bonds. The summed E-state index contributed by atoms with van der Waals surface area (Å²) in [6, 6.07) is 9.58. The molecule has 0 bridgehead atoms. The Morgan fingerprint density at radius 2 is 1.88 bits per heavy atom. The molecule has 3 N–H and O–H groups in total. The summed E-state index contributed by atoms with van der Waals surface area (Å²) in [4.78, 5) is 8.24. The van der Waals surface area contributed by atoms with Gasteiger partial charge in [0.05, 0.1) is 0 Å². The van der Waals surface area contributed by atoms with Gasteiger partial charge in [0.15, 0.2) is 0 Å². The molecule has 0 atom stereocenters. The van der Waals surface area contributed by atoms with Crippen molar-refractivity contribution in [2.45, 2.75) is 0 Å². The maximum Gasteiger partial charge on any atom is 0.230 e. The predicted molar refractivity (Wildman–Crippen MR) is 76.6 cm³/mol. The molecule has 0 aliphatic heterocycles. The Balaban J connectivity index is 2.23. The summed E-state index contributed by atoms with van der Waals surface area (Å²) in [5, 5.41) is 3.08. The molecule has 1 aromatic carbocycles. The van der Waals surface area contributed by atoms with Crippen molar-refractivity contribution in [3.63, 3.8) is 0 Å². The molecule has 2 rings (SSSR count). The SMILES string of the molecule is Nc1cc(Br)nc(Nc2ccc(I)cc2)n1. The van der Waals surface area contributed by atoms with Gasteiger partial charge in [-0.15, -0.1) is 0 Å². The molecule has 0 spiro atoms. The van der Waals surface area contributed by atoms with Gasteiger partial charge >= 0.3 is 0 Å². The van der Waals surface area contributed by atoms with Crippen LogP contribution in [0.1, 0.15) is 0 Å². The topological polar surface area (TPSA) is 63.8 Å². The molecular formula is C10H8BrIN4. The number of hydrogen-bond acceptors (Lipinski definition) is 4. The zero-order valence-electron chi connectivity index (χ0n) is 8.11. The zero-order valence-corrected chi connectivity index (χ0v) is 11.9. The van der Waals surface area contributed by atoms with E-state index >= 15 is 0 Å². The highest BCUT2D eigenvalue weighted by atomic mass is 127. The van der Waals surface area contributed by atoms with Crippen molar-refractivity contribution in [1.82, 2.24) is 9.97 Å². The van der Waals surface area contributed by atoms with Gasteiger partial charge in [-0.25, -0.2) is 4.98 Å². The van der Waals surface area contributed by atoms with Crippen LogP contribution in [0.3, 0.4) is 0 Å². The minimum atomic E-state index is 0.426. The smallest absolute Gasteiger partial charge is 0.230 e. The molecular weight excluding hydrogens is 383 g/mol. The van der Waals surface area contributed by atoms with E-state index in [4.69, 9.17) is 5.73 Å². The summed E-state index contributed by atoms with van der Waals surface area (Å²) >= 11 is 5.52. The van der Waals surface area contributed by atoms with Gasteiger partial charge in [0, 0.05) is 15.3 Å². The third-order valence-corrected chi connectivity index (χ3v) is 2.94. The van der Waals surface area contributed by atoms with E-state index in [1.807, 2.05) is 24.3 Å². The number of benzene rings is 1. The van der Waals surface area contributed by atoms with Gasteiger partial charge in [0.25, 0.3) is 0 Å². The van der Waals surface area contributed by atoms with Gasteiger partial charge in [-0.05, 0) is 62.8 Å². The first-order valence-electron chi connectivity index (χ1n) is 4.46. The van der Waals surface area contributed by atoms with Crippen LogP contribution in [0, 0.1) is 3.57 Å². The van der Waals surface area contributed by atoms with Gasteiger partial charge in [-0.3, -0.25) is 0 Å². The lowest BCUT2D eigenvalue weighted by Gasteiger charge is -2.05. The van der Waals surface area contributed by atoms with Crippen LogP contribution in [0.2, 0.25) is 0 Å². The van der Waals surface area contributed by atoms with E-state index in [-0.39, 0.29) is 0 Å². The minimum Gasteiger partial charge on any atom is -0.383 e. The lowest BCUT2D eigenvalue weighted by atomic mass is 10.3. The van der Waals surface area contributed by atoms with E-state index in [2.05, 4.69) is 53.8 Å². The third-order valence-electron chi connectivity index (χ3n) is 1.82. The Morgan fingerprint density at radius 3 is 2.50 bits per heavy atom. The summed E-state index contributed by atoms with van der Waals surface area (Å²) in [6.45, 7) is 0. The molecule has 6 heteroatoms. The quantitative estimate of drug-likeness (QED) is 0.610. The molecule has 1 aromatic heterocycles. The number of anilines is 3. The number of aromatic nitrogens is 2. The normalized spacial score (nSPS) is 10.1. The minimum absolute atomic E-state index is 0.426. The largest absolute Gasteiger partial charge is 0.383 e. The number of nitrogens with zero attached hydrogens (tertiary/aromatic N) is 2. The van der Waals surface area contributed by atoms with Crippen LogP contribution < -0.4 is 11.1 Å². The number of halogens is 2. The highest BCUT2D eigenvalue weighted by molar-refractivity contribution is 14.1. The van der Waals surface area contributed by atoms with E-state index in [0.717, 1.165) is 5.69 Å². The van der Waals surface area contributed by atoms with Crippen LogP contribution in [0.25, 0.3) is 0 Å². The van der Waals surface area contributed by atoms with E-state index in [9.17, 15) is 0 Å².